The van der Waals surface area contributed by atoms with Crippen LogP contribution in [0.5, 0.6) is 5.75 Å². The zero-order valence-electron chi connectivity index (χ0n) is 16.9. The van der Waals surface area contributed by atoms with Gasteiger partial charge in [-0.3, -0.25) is 9.59 Å². The van der Waals surface area contributed by atoms with E-state index in [1.165, 1.54) is 12.8 Å². The lowest BCUT2D eigenvalue weighted by Crippen LogP contribution is -2.42. The van der Waals surface area contributed by atoms with E-state index < -0.39 is 0 Å². The first-order valence-electron chi connectivity index (χ1n) is 10.2. The smallest absolute Gasteiger partial charge is 0.253 e. The van der Waals surface area contributed by atoms with Crippen molar-refractivity contribution in [1.82, 2.24) is 9.80 Å². The van der Waals surface area contributed by atoms with Crippen LogP contribution >= 0.6 is 0 Å². The fourth-order valence-electron chi connectivity index (χ4n) is 3.86. The molecular formula is C22H32N2O3. The first-order chi connectivity index (χ1) is 12.8. The van der Waals surface area contributed by atoms with Gasteiger partial charge in [-0.1, -0.05) is 20.8 Å². The van der Waals surface area contributed by atoms with E-state index in [9.17, 15) is 9.59 Å². The highest BCUT2D eigenvalue weighted by Gasteiger charge is 2.29. The number of hydrogen-bond donors (Lipinski definition) is 0. The van der Waals surface area contributed by atoms with Crippen LogP contribution in [-0.2, 0) is 4.79 Å². The van der Waals surface area contributed by atoms with Crippen LogP contribution in [-0.4, -0.2) is 53.9 Å². The third-order valence-corrected chi connectivity index (χ3v) is 5.42. The normalized spacial score (nSPS) is 19.1. The molecule has 1 heterocycles. The Bertz CT molecular complexity index is 657. The summed E-state index contributed by atoms with van der Waals surface area (Å²) in [7, 11) is 0. The molecule has 0 radical (unpaired) electrons. The number of ether oxygens (including phenoxy) is 1. The number of hydrogen-bond acceptors (Lipinski definition) is 3. The number of nitrogens with zero attached hydrogens (tertiary/aromatic N) is 2. The number of carbonyl (C=O) groups is 2. The first-order valence-corrected chi connectivity index (χ1v) is 10.2. The molecule has 0 atom stereocenters. The lowest BCUT2D eigenvalue weighted by molar-refractivity contribution is -0.139. The van der Waals surface area contributed by atoms with Crippen molar-refractivity contribution in [3.05, 3.63) is 29.8 Å². The van der Waals surface area contributed by atoms with E-state index in [0.717, 1.165) is 25.0 Å². The molecule has 2 aliphatic rings. The van der Waals surface area contributed by atoms with Gasteiger partial charge in [-0.05, 0) is 56.4 Å². The first kappa shape index (κ1) is 19.7. The van der Waals surface area contributed by atoms with Gasteiger partial charge in [0.1, 0.15) is 5.75 Å². The molecule has 1 aromatic carbocycles. The van der Waals surface area contributed by atoms with Gasteiger partial charge in [-0.15, -0.1) is 0 Å². The molecule has 1 aliphatic heterocycles. The summed E-state index contributed by atoms with van der Waals surface area (Å²) in [6.45, 7) is 8.42. The highest BCUT2D eigenvalue weighted by Crippen LogP contribution is 2.25. The van der Waals surface area contributed by atoms with Crippen LogP contribution in [0.15, 0.2) is 24.3 Å². The highest BCUT2D eigenvalue weighted by atomic mass is 16.5. The molecule has 0 bridgehead atoms. The van der Waals surface area contributed by atoms with Gasteiger partial charge in [0, 0.05) is 37.2 Å². The van der Waals surface area contributed by atoms with Gasteiger partial charge < -0.3 is 14.5 Å². The molecule has 0 N–H and O–H groups in total. The molecule has 148 valence electrons. The van der Waals surface area contributed by atoms with Crippen molar-refractivity contribution >= 4 is 11.8 Å². The largest absolute Gasteiger partial charge is 0.490 e. The van der Waals surface area contributed by atoms with Gasteiger partial charge in [0.15, 0.2) is 0 Å². The van der Waals surface area contributed by atoms with Gasteiger partial charge in [0.25, 0.3) is 5.91 Å². The summed E-state index contributed by atoms with van der Waals surface area (Å²) in [5.74, 6) is 1.04. The molecule has 2 amide bonds. The fraction of sp³-hybridized carbons (Fsp3) is 0.636. The summed E-state index contributed by atoms with van der Waals surface area (Å²) >= 11 is 0. The molecule has 5 heteroatoms. The van der Waals surface area contributed by atoms with Crippen LogP contribution in [0.4, 0.5) is 0 Å². The summed E-state index contributed by atoms with van der Waals surface area (Å²) in [4.78, 5) is 29.1. The van der Waals surface area contributed by atoms with E-state index in [1.54, 1.807) is 0 Å². The van der Waals surface area contributed by atoms with E-state index in [2.05, 4.69) is 0 Å². The molecule has 1 saturated heterocycles. The van der Waals surface area contributed by atoms with Crippen LogP contribution in [0.1, 0.15) is 63.2 Å². The summed E-state index contributed by atoms with van der Waals surface area (Å²) in [5, 5.41) is 0. The van der Waals surface area contributed by atoms with Crippen molar-refractivity contribution in [2.75, 3.05) is 26.2 Å². The molecule has 0 aromatic heterocycles. The lowest BCUT2D eigenvalue weighted by Gasteiger charge is -2.28. The third-order valence-electron chi connectivity index (χ3n) is 5.42. The molecule has 1 saturated carbocycles. The Labute approximate surface area is 162 Å². The Hall–Kier alpha value is -2.04. The van der Waals surface area contributed by atoms with E-state index in [0.29, 0.717) is 37.8 Å². The molecule has 0 unspecified atom stereocenters. The van der Waals surface area contributed by atoms with Crippen molar-refractivity contribution in [2.45, 2.75) is 59.0 Å². The minimum atomic E-state index is -0.381. The molecule has 5 nitrogen and oxygen atoms in total. The van der Waals surface area contributed by atoms with Crippen LogP contribution in [0.3, 0.4) is 0 Å². The van der Waals surface area contributed by atoms with E-state index in [1.807, 2.05) is 54.8 Å². The molecule has 0 spiro atoms. The monoisotopic (exact) mass is 372 g/mol. The van der Waals surface area contributed by atoms with Gasteiger partial charge in [-0.25, -0.2) is 0 Å². The Morgan fingerprint density at radius 3 is 2.11 bits per heavy atom. The molecule has 1 aliphatic carbocycles. The summed E-state index contributed by atoms with van der Waals surface area (Å²) < 4.78 is 5.98. The van der Waals surface area contributed by atoms with Crippen molar-refractivity contribution in [2.24, 2.45) is 5.41 Å². The average molecular weight is 373 g/mol. The summed E-state index contributed by atoms with van der Waals surface area (Å²) in [6.07, 6.45) is 5.87. The number of amides is 2. The second kappa shape index (κ2) is 8.32. The molecular weight excluding hydrogens is 340 g/mol. The molecule has 1 aromatic rings. The second-order valence-electron chi connectivity index (χ2n) is 8.74. The van der Waals surface area contributed by atoms with Gasteiger partial charge in [0.2, 0.25) is 5.91 Å². The zero-order valence-corrected chi connectivity index (χ0v) is 16.9. The molecule has 2 fully saturated rings. The maximum Gasteiger partial charge on any atom is 0.253 e. The lowest BCUT2D eigenvalue weighted by atomic mass is 9.94. The average Bonchev–Trinajstić information content (AvgIpc) is 3.02. The van der Waals surface area contributed by atoms with Gasteiger partial charge in [-0.2, -0.15) is 0 Å². The number of carbonyl (C=O) groups excluding carboxylic acids is 2. The van der Waals surface area contributed by atoms with Crippen molar-refractivity contribution < 1.29 is 14.3 Å². The highest BCUT2D eigenvalue weighted by molar-refractivity contribution is 5.94. The summed E-state index contributed by atoms with van der Waals surface area (Å²) in [5.41, 5.74) is 0.304. The summed E-state index contributed by atoms with van der Waals surface area (Å²) in [6, 6.07) is 7.52. The minimum absolute atomic E-state index is 0.0347. The second-order valence-corrected chi connectivity index (χ2v) is 8.74. The maximum atomic E-state index is 12.9. The fourth-order valence-corrected chi connectivity index (χ4v) is 3.86. The van der Waals surface area contributed by atoms with Gasteiger partial charge in [0.05, 0.1) is 6.10 Å². The maximum absolute atomic E-state index is 12.9. The van der Waals surface area contributed by atoms with Gasteiger partial charge >= 0.3 is 0 Å². The number of rotatable bonds is 3. The minimum Gasteiger partial charge on any atom is -0.490 e. The standard InChI is InChI=1S/C22H32N2O3/c1-22(2,3)21(26)24-14-6-13-23(15-16-24)20(25)17-9-11-19(12-10-17)27-18-7-4-5-8-18/h9-12,18H,4-8,13-16H2,1-3H3. The molecule has 3 rings (SSSR count). The number of benzene rings is 1. The van der Waals surface area contributed by atoms with E-state index >= 15 is 0 Å². The van der Waals surface area contributed by atoms with E-state index in [-0.39, 0.29) is 17.2 Å². The molecule has 27 heavy (non-hydrogen) atoms. The van der Waals surface area contributed by atoms with Crippen LogP contribution in [0.2, 0.25) is 0 Å². The van der Waals surface area contributed by atoms with Crippen molar-refractivity contribution in [3.8, 4) is 5.75 Å². The Kier molecular flexibility index (Phi) is 6.08. The Morgan fingerprint density at radius 1 is 0.889 bits per heavy atom. The SMILES string of the molecule is CC(C)(C)C(=O)N1CCCN(C(=O)c2ccc(OC3CCCC3)cc2)CC1. The van der Waals surface area contributed by atoms with Crippen LogP contribution in [0.25, 0.3) is 0 Å². The zero-order chi connectivity index (χ0) is 19.4. The quantitative estimate of drug-likeness (QED) is 0.812. The van der Waals surface area contributed by atoms with Crippen molar-refractivity contribution in [1.29, 1.82) is 0 Å². The topological polar surface area (TPSA) is 49.9 Å². The van der Waals surface area contributed by atoms with Crippen LogP contribution in [0, 0.1) is 5.41 Å². The Morgan fingerprint density at radius 2 is 1.48 bits per heavy atom. The Balaban J connectivity index is 1.58. The van der Waals surface area contributed by atoms with Crippen LogP contribution < -0.4 is 4.74 Å². The van der Waals surface area contributed by atoms with Crippen molar-refractivity contribution in [3.63, 3.8) is 0 Å². The van der Waals surface area contributed by atoms with E-state index in [4.69, 9.17) is 4.74 Å². The third kappa shape index (κ3) is 5.02. The predicted molar refractivity (Wildman–Crippen MR) is 106 cm³/mol. The predicted octanol–water partition coefficient (Wildman–Crippen LogP) is 3.73.